The van der Waals surface area contributed by atoms with Crippen molar-refractivity contribution in [2.45, 2.75) is 142 Å². The molecule has 232 valence electrons. The van der Waals surface area contributed by atoms with Crippen molar-refractivity contribution in [2.75, 3.05) is 79.8 Å². The third-order valence-corrected chi connectivity index (χ3v) is 9.91. The van der Waals surface area contributed by atoms with Gasteiger partial charge in [-0.2, -0.15) is 0 Å². The second kappa shape index (κ2) is 20.7. The zero-order valence-corrected chi connectivity index (χ0v) is 27.4. The van der Waals surface area contributed by atoms with Gasteiger partial charge in [-0.25, -0.2) is 0 Å². The highest BCUT2D eigenvalue weighted by Gasteiger charge is 2.46. The molecule has 2 fully saturated rings. The molecule has 4 nitrogen and oxygen atoms in total. The highest BCUT2D eigenvalue weighted by molar-refractivity contribution is 4.82. The van der Waals surface area contributed by atoms with Gasteiger partial charge in [0, 0.05) is 45.5 Å². The van der Waals surface area contributed by atoms with Crippen LogP contribution in [0.2, 0.25) is 0 Å². The summed E-state index contributed by atoms with van der Waals surface area (Å²) in [4.78, 5) is 0. The lowest BCUT2D eigenvalue weighted by molar-refractivity contribution is -0.928. The first kappa shape index (κ1) is 35.0. The predicted octanol–water partition coefficient (Wildman–Crippen LogP) is 8.77. The summed E-state index contributed by atoms with van der Waals surface area (Å²) in [5, 5.41) is 0. The minimum atomic E-state index is 0.328. The van der Waals surface area contributed by atoms with E-state index in [0.717, 1.165) is 26.4 Å². The van der Waals surface area contributed by atoms with E-state index in [1.54, 1.807) is 0 Å². The van der Waals surface area contributed by atoms with Gasteiger partial charge in [-0.15, -0.1) is 0 Å². The Morgan fingerprint density at radius 3 is 1.38 bits per heavy atom. The maximum Gasteiger partial charge on any atom is 0.0919 e. The molecular weight excluding hydrogens is 480 g/mol. The van der Waals surface area contributed by atoms with Crippen LogP contribution < -0.4 is 0 Å². The van der Waals surface area contributed by atoms with Gasteiger partial charge < -0.3 is 18.4 Å². The van der Waals surface area contributed by atoms with Crippen LogP contribution in [0, 0.1) is 5.41 Å². The molecule has 0 aliphatic carbocycles. The number of ether oxygens (including phenoxy) is 2. The quantitative estimate of drug-likeness (QED) is 0.0788. The molecule has 0 bridgehead atoms. The molecule has 0 aromatic carbocycles. The van der Waals surface area contributed by atoms with Crippen LogP contribution in [0.1, 0.15) is 142 Å². The van der Waals surface area contributed by atoms with Crippen molar-refractivity contribution in [3.8, 4) is 0 Å². The van der Waals surface area contributed by atoms with E-state index in [9.17, 15) is 0 Å². The number of likely N-dealkylation sites (tertiary alicyclic amines) is 2. The van der Waals surface area contributed by atoms with Gasteiger partial charge in [0.2, 0.25) is 0 Å². The van der Waals surface area contributed by atoms with Gasteiger partial charge in [0.1, 0.15) is 0 Å². The van der Waals surface area contributed by atoms with E-state index >= 15 is 0 Å². The summed E-state index contributed by atoms with van der Waals surface area (Å²) >= 11 is 0. The molecule has 0 unspecified atom stereocenters. The number of nitrogens with zero attached hydrogens (tertiary/aromatic N) is 2. The van der Waals surface area contributed by atoms with Crippen LogP contribution in [-0.4, -0.2) is 88.8 Å². The summed E-state index contributed by atoms with van der Waals surface area (Å²) < 4.78 is 15.1. The van der Waals surface area contributed by atoms with Crippen molar-refractivity contribution in [2.24, 2.45) is 5.41 Å². The number of rotatable bonds is 26. The van der Waals surface area contributed by atoms with Crippen molar-refractivity contribution in [3.05, 3.63) is 0 Å². The van der Waals surface area contributed by atoms with E-state index in [1.807, 2.05) is 0 Å². The Hall–Kier alpha value is -0.160. The second-order valence-corrected chi connectivity index (χ2v) is 14.4. The topological polar surface area (TPSA) is 18.5 Å². The molecule has 4 heteroatoms. The average molecular weight is 553 g/mol. The molecular formula is C35H72N2O2+2. The van der Waals surface area contributed by atoms with Crippen molar-refractivity contribution in [3.63, 3.8) is 0 Å². The summed E-state index contributed by atoms with van der Waals surface area (Å²) in [6.45, 7) is 16.6. The van der Waals surface area contributed by atoms with Crippen molar-refractivity contribution < 1.29 is 18.4 Å². The first-order valence-electron chi connectivity index (χ1n) is 17.8. The standard InChI is InChI=1S/C35H72N2O2/c1-5-7-9-10-11-12-14-23-31-39-34-35(32-36(3)25-17-18-26-36,33-37(4)27-19-20-28-37)24-16-13-15-22-30-38-29-21-8-6-2/h5-34H2,1-4H3/q+2. The Morgan fingerprint density at radius 1 is 0.487 bits per heavy atom. The van der Waals surface area contributed by atoms with Gasteiger partial charge in [0.15, 0.2) is 0 Å². The van der Waals surface area contributed by atoms with Crippen LogP contribution in [0.25, 0.3) is 0 Å². The zero-order chi connectivity index (χ0) is 28.1. The monoisotopic (exact) mass is 553 g/mol. The summed E-state index contributed by atoms with van der Waals surface area (Å²) in [5.41, 5.74) is 0.328. The van der Waals surface area contributed by atoms with Crippen LogP contribution in [0.5, 0.6) is 0 Å². The molecule has 2 saturated heterocycles. The summed E-state index contributed by atoms with van der Waals surface area (Å²) in [6, 6.07) is 0. The normalized spacial score (nSPS) is 18.8. The molecule has 2 aliphatic rings. The molecule has 0 saturated carbocycles. The highest BCUT2D eigenvalue weighted by Crippen LogP contribution is 2.36. The molecule has 0 atom stereocenters. The van der Waals surface area contributed by atoms with Gasteiger partial charge in [-0.05, 0) is 25.7 Å². The number of hydrogen-bond acceptors (Lipinski definition) is 2. The zero-order valence-electron chi connectivity index (χ0n) is 27.4. The second-order valence-electron chi connectivity index (χ2n) is 14.4. The minimum absolute atomic E-state index is 0.328. The fraction of sp³-hybridized carbons (Fsp3) is 1.00. The average Bonchev–Trinajstić information content (AvgIpc) is 3.54. The van der Waals surface area contributed by atoms with Gasteiger partial charge in [-0.1, -0.05) is 90.9 Å². The molecule has 2 heterocycles. The Kier molecular flexibility index (Phi) is 18.6. The fourth-order valence-electron chi connectivity index (χ4n) is 7.75. The lowest BCUT2D eigenvalue weighted by atomic mass is 9.80. The van der Waals surface area contributed by atoms with E-state index in [1.165, 1.54) is 177 Å². The van der Waals surface area contributed by atoms with Crippen LogP contribution in [0.4, 0.5) is 0 Å². The van der Waals surface area contributed by atoms with E-state index < -0.39 is 0 Å². The molecule has 0 spiro atoms. The first-order chi connectivity index (χ1) is 18.9. The van der Waals surface area contributed by atoms with E-state index in [-0.39, 0.29) is 0 Å². The molecule has 0 amide bonds. The van der Waals surface area contributed by atoms with Crippen LogP contribution in [0.15, 0.2) is 0 Å². The van der Waals surface area contributed by atoms with Crippen LogP contribution in [0.3, 0.4) is 0 Å². The fourth-order valence-corrected chi connectivity index (χ4v) is 7.75. The van der Waals surface area contributed by atoms with Crippen molar-refractivity contribution >= 4 is 0 Å². The largest absolute Gasteiger partial charge is 0.381 e. The Labute approximate surface area is 245 Å². The molecule has 2 rings (SSSR count). The van der Waals surface area contributed by atoms with Crippen LogP contribution >= 0.6 is 0 Å². The number of hydrogen-bond donors (Lipinski definition) is 0. The molecule has 0 N–H and O–H groups in total. The van der Waals surface area contributed by atoms with Crippen molar-refractivity contribution in [1.82, 2.24) is 0 Å². The Balaban J connectivity index is 1.86. The predicted molar refractivity (Wildman–Crippen MR) is 169 cm³/mol. The summed E-state index contributed by atoms with van der Waals surface area (Å²) in [7, 11) is 5.11. The minimum Gasteiger partial charge on any atom is -0.381 e. The third-order valence-electron chi connectivity index (χ3n) is 9.91. The Bertz CT molecular complexity index is 519. The molecule has 0 aromatic heterocycles. The number of unbranched alkanes of at least 4 members (excludes halogenated alkanes) is 12. The lowest BCUT2D eigenvalue weighted by Crippen LogP contribution is -2.58. The molecule has 39 heavy (non-hydrogen) atoms. The molecule has 2 aliphatic heterocycles. The van der Waals surface area contributed by atoms with E-state index in [2.05, 4.69) is 27.9 Å². The first-order valence-corrected chi connectivity index (χ1v) is 17.8. The smallest absolute Gasteiger partial charge is 0.0919 e. The van der Waals surface area contributed by atoms with Crippen molar-refractivity contribution in [1.29, 1.82) is 0 Å². The molecule has 0 radical (unpaired) electrons. The van der Waals surface area contributed by atoms with E-state index in [0.29, 0.717) is 5.41 Å². The SMILES string of the molecule is CCCCCCCCCCOCC(CCCCCCOCCCCC)(C[N+]1(C)CCCC1)C[N+]1(C)CCCC1. The maximum absolute atomic E-state index is 6.66. The van der Waals surface area contributed by atoms with Gasteiger partial charge >= 0.3 is 0 Å². The Morgan fingerprint density at radius 2 is 0.872 bits per heavy atom. The summed E-state index contributed by atoms with van der Waals surface area (Å²) in [5.74, 6) is 0. The van der Waals surface area contributed by atoms with Gasteiger partial charge in [0.25, 0.3) is 0 Å². The summed E-state index contributed by atoms with van der Waals surface area (Å²) in [6.07, 6.45) is 27.1. The van der Waals surface area contributed by atoms with E-state index in [4.69, 9.17) is 9.47 Å². The highest BCUT2D eigenvalue weighted by atomic mass is 16.5. The van der Waals surface area contributed by atoms with Crippen LogP contribution in [-0.2, 0) is 9.47 Å². The number of quaternary nitrogens is 2. The lowest BCUT2D eigenvalue weighted by Gasteiger charge is -2.45. The maximum atomic E-state index is 6.66. The molecule has 0 aromatic rings. The third kappa shape index (κ3) is 15.6. The van der Waals surface area contributed by atoms with Gasteiger partial charge in [0.05, 0.1) is 65.4 Å². The van der Waals surface area contributed by atoms with Gasteiger partial charge in [-0.3, -0.25) is 0 Å².